The summed E-state index contributed by atoms with van der Waals surface area (Å²) < 4.78 is 0. The molecule has 0 radical (unpaired) electrons. The second kappa shape index (κ2) is 6.43. The van der Waals surface area contributed by atoms with Crippen LogP contribution in [0.2, 0.25) is 0 Å². The summed E-state index contributed by atoms with van der Waals surface area (Å²) >= 11 is 1.47. The molecule has 19 heavy (non-hydrogen) atoms. The van der Waals surface area contributed by atoms with Gasteiger partial charge in [-0.25, -0.2) is 4.98 Å². The summed E-state index contributed by atoms with van der Waals surface area (Å²) in [7, 11) is 0. The summed E-state index contributed by atoms with van der Waals surface area (Å²) in [5.74, 6) is 0. The highest BCUT2D eigenvalue weighted by Gasteiger charge is 2.14. The van der Waals surface area contributed by atoms with Crippen LogP contribution in [0.15, 0.2) is 24.5 Å². The first kappa shape index (κ1) is 13.7. The van der Waals surface area contributed by atoms with Crippen LogP contribution in [0.3, 0.4) is 0 Å². The van der Waals surface area contributed by atoms with E-state index >= 15 is 0 Å². The Morgan fingerprint density at radius 3 is 2.58 bits per heavy atom. The fraction of sp³-hybridized carbons (Fsp3) is 0.357. The molecule has 0 fully saturated rings. The highest BCUT2D eigenvalue weighted by molar-refractivity contribution is 7.17. The van der Waals surface area contributed by atoms with E-state index in [9.17, 15) is 4.79 Å². The van der Waals surface area contributed by atoms with Crippen LogP contribution < -0.4 is 4.90 Å². The third-order valence-electron chi connectivity index (χ3n) is 2.93. The van der Waals surface area contributed by atoms with E-state index < -0.39 is 0 Å². The molecule has 0 bridgehead atoms. The Labute approximate surface area is 117 Å². The number of anilines is 1. The van der Waals surface area contributed by atoms with Gasteiger partial charge in [0.1, 0.15) is 0 Å². The van der Waals surface area contributed by atoms with Crippen LogP contribution in [0.5, 0.6) is 0 Å². The fourth-order valence-corrected chi connectivity index (χ4v) is 2.89. The highest BCUT2D eigenvalue weighted by Crippen LogP contribution is 2.26. The van der Waals surface area contributed by atoms with Gasteiger partial charge in [-0.15, -0.1) is 0 Å². The zero-order valence-electron chi connectivity index (χ0n) is 11.2. The van der Waals surface area contributed by atoms with Gasteiger partial charge in [-0.05, 0) is 31.0 Å². The lowest BCUT2D eigenvalue weighted by molar-refractivity contribution is 0.112. The number of pyridine rings is 1. The van der Waals surface area contributed by atoms with Gasteiger partial charge in [0.15, 0.2) is 11.4 Å². The number of thiazole rings is 1. The van der Waals surface area contributed by atoms with Crippen LogP contribution in [0.1, 0.15) is 34.8 Å². The maximum atomic E-state index is 11.0. The Balaban J connectivity index is 2.22. The third kappa shape index (κ3) is 3.17. The number of carbonyl (C=O) groups is 1. The van der Waals surface area contributed by atoms with Crippen LogP contribution in [0, 0.1) is 0 Å². The van der Waals surface area contributed by atoms with Crippen molar-refractivity contribution in [1.82, 2.24) is 9.97 Å². The van der Waals surface area contributed by atoms with Gasteiger partial charge in [-0.1, -0.05) is 18.3 Å². The van der Waals surface area contributed by atoms with Gasteiger partial charge in [0.25, 0.3) is 0 Å². The molecule has 0 aliphatic carbocycles. The summed E-state index contributed by atoms with van der Waals surface area (Å²) in [6, 6.07) is 4.00. The molecule has 0 saturated carbocycles. The molecule has 0 saturated heterocycles. The minimum Gasteiger partial charge on any atom is -0.344 e. The predicted octanol–water partition coefficient (Wildman–Crippen LogP) is 2.94. The minimum absolute atomic E-state index is 0.741. The Bertz CT molecular complexity index is 539. The minimum atomic E-state index is 0.741. The van der Waals surface area contributed by atoms with Crippen molar-refractivity contribution in [2.75, 3.05) is 11.4 Å². The third-order valence-corrected chi connectivity index (χ3v) is 4.02. The summed E-state index contributed by atoms with van der Waals surface area (Å²) in [6.07, 6.45) is 5.27. The molecule has 2 aromatic heterocycles. The van der Waals surface area contributed by atoms with Gasteiger partial charge in [0, 0.05) is 25.5 Å². The molecule has 2 heterocycles. The lowest BCUT2D eigenvalue weighted by atomic mass is 10.2. The van der Waals surface area contributed by atoms with E-state index in [1.54, 1.807) is 12.4 Å². The van der Waals surface area contributed by atoms with Crippen molar-refractivity contribution in [3.8, 4) is 0 Å². The van der Waals surface area contributed by atoms with Crippen molar-refractivity contribution >= 4 is 22.8 Å². The maximum absolute atomic E-state index is 11.0. The van der Waals surface area contributed by atoms with Crippen molar-refractivity contribution in [3.63, 3.8) is 0 Å². The lowest BCUT2D eigenvalue weighted by Crippen LogP contribution is -2.21. The predicted molar refractivity (Wildman–Crippen MR) is 77.8 cm³/mol. The van der Waals surface area contributed by atoms with E-state index in [0.717, 1.165) is 41.5 Å². The normalized spacial score (nSPS) is 10.4. The van der Waals surface area contributed by atoms with Gasteiger partial charge in [-0.3, -0.25) is 9.78 Å². The smallest absolute Gasteiger partial charge is 0.186 e. The lowest BCUT2D eigenvalue weighted by Gasteiger charge is -2.19. The highest BCUT2D eigenvalue weighted by atomic mass is 32.1. The summed E-state index contributed by atoms with van der Waals surface area (Å²) in [5, 5.41) is 0.915. The van der Waals surface area contributed by atoms with E-state index in [1.807, 2.05) is 19.1 Å². The SMILES string of the molecule is CCc1nc(N(CC)Cc2ccncc2)sc1C=O. The van der Waals surface area contributed by atoms with Gasteiger partial charge in [0.2, 0.25) is 0 Å². The molecule has 0 spiro atoms. The van der Waals surface area contributed by atoms with Crippen LogP contribution in [-0.4, -0.2) is 22.8 Å². The zero-order chi connectivity index (χ0) is 13.7. The van der Waals surface area contributed by atoms with Gasteiger partial charge in [0.05, 0.1) is 10.6 Å². The molecule has 100 valence electrons. The topological polar surface area (TPSA) is 46.1 Å². The molecule has 5 heteroatoms. The number of aromatic nitrogens is 2. The second-order valence-corrected chi connectivity index (χ2v) is 5.16. The first-order valence-electron chi connectivity index (χ1n) is 6.37. The molecule has 0 N–H and O–H groups in total. The van der Waals surface area contributed by atoms with Crippen molar-refractivity contribution < 1.29 is 4.79 Å². The quantitative estimate of drug-likeness (QED) is 0.760. The first-order valence-corrected chi connectivity index (χ1v) is 7.18. The van der Waals surface area contributed by atoms with Gasteiger partial charge in [-0.2, -0.15) is 0 Å². The largest absolute Gasteiger partial charge is 0.344 e. The van der Waals surface area contributed by atoms with Gasteiger partial charge >= 0.3 is 0 Å². The van der Waals surface area contributed by atoms with Gasteiger partial charge < -0.3 is 4.90 Å². The summed E-state index contributed by atoms with van der Waals surface area (Å²) in [6.45, 7) is 5.76. The van der Waals surface area contributed by atoms with Crippen molar-refractivity contribution in [2.45, 2.75) is 26.8 Å². The molecule has 2 aromatic rings. The van der Waals surface area contributed by atoms with Crippen LogP contribution in [-0.2, 0) is 13.0 Å². The zero-order valence-corrected chi connectivity index (χ0v) is 12.0. The van der Waals surface area contributed by atoms with E-state index in [2.05, 4.69) is 21.8 Å². The molecular weight excluding hydrogens is 258 g/mol. The fourth-order valence-electron chi connectivity index (χ4n) is 1.85. The summed E-state index contributed by atoms with van der Waals surface area (Å²) in [4.78, 5) is 22.5. The average molecular weight is 275 g/mol. The Morgan fingerprint density at radius 1 is 1.32 bits per heavy atom. The Hall–Kier alpha value is -1.75. The standard InChI is InChI=1S/C14H17N3OS/c1-3-12-13(10-18)19-14(16-12)17(4-2)9-11-5-7-15-8-6-11/h5-8,10H,3-4,9H2,1-2H3. The van der Waals surface area contributed by atoms with Crippen molar-refractivity contribution in [1.29, 1.82) is 0 Å². The molecular formula is C14H17N3OS. The average Bonchev–Trinajstić information content (AvgIpc) is 2.89. The Kier molecular flexibility index (Phi) is 4.63. The maximum Gasteiger partial charge on any atom is 0.186 e. The number of aryl methyl sites for hydroxylation is 1. The first-order chi connectivity index (χ1) is 9.28. The van der Waals surface area contributed by atoms with Crippen LogP contribution in [0.25, 0.3) is 0 Å². The van der Waals surface area contributed by atoms with Crippen molar-refractivity contribution in [3.05, 3.63) is 40.7 Å². The number of hydrogen-bond donors (Lipinski definition) is 0. The molecule has 0 aliphatic rings. The molecule has 4 nitrogen and oxygen atoms in total. The van der Waals surface area contributed by atoms with Crippen LogP contribution >= 0.6 is 11.3 Å². The number of carbonyl (C=O) groups excluding carboxylic acids is 1. The van der Waals surface area contributed by atoms with Crippen LogP contribution in [0.4, 0.5) is 5.13 Å². The molecule has 0 aromatic carbocycles. The monoisotopic (exact) mass is 275 g/mol. The molecule has 0 atom stereocenters. The van der Waals surface area contributed by atoms with E-state index in [0.29, 0.717) is 0 Å². The number of rotatable bonds is 6. The number of nitrogens with zero attached hydrogens (tertiary/aromatic N) is 3. The van der Waals surface area contributed by atoms with E-state index in [1.165, 1.54) is 16.9 Å². The molecule has 2 rings (SSSR count). The van der Waals surface area contributed by atoms with E-state index in [4.69, 9.17) is 0 Å². The molecule has 0 amide bonds. The molecule has 0 unspecified atom stereocenters. The van der Waals surface area contributed by atoms with E-state index in [-0.39, 0.29) is 0 Å². The Morgan fingerprint density at radius 2 is 2.05 bits per heavy atom. The van der Waals surface area contributed by atoms with Crippen molar-refractivity contribution in [2.24, 2.45) is 0 Å². The summed E-state index contributed by atoms with van der Waals surface area (Å²) in [5.41, 5.74) is 2.08. The second-order valence-electron chi connectivity index (χ2n) is 4.15. The number of aldehydes is 1. The molecule has 0 aliphatic heterocycles. The number of hydrogen-bond acceptors (Lipinski definition) is 5.